The van der Waals surface area contributed by atoms with Gasteiger partial charge in [-0.25, -0.2) is 0 Å². The van der Waals surface area contributed by atoms with Crippen LogP contribution in [0.5, 0.6) is 0 Å². The number of rotatable bonds is 2. The molecule has 2 aromatic rings. The Labute approximate surface area is 101 Å². The van der Waals surface area contributed by atoms with E-state index in [2.05, 4.69) is 15.1 Å². The van der Waals surface area contributed by atoms with Crippen molar-refractivity contribution in [3.63, 3.8) is 0 Å². The lowest BCUT2D eigenvalue weighted by molar-refractivity contribution is 1.06. The third-order valence-corrected chi connectivity index (χ3v) is 2.39. The van der Waals surface area contributed by atoms with Gasteiger partial charge in [0.05, 0.1) is 0 Å². The topological polar surface area (TPSA) is 38.8 Å². The van der Waals surface area contributed by atoms with Crippen LogP contribution in [0.2, 0.25) is 0 Å². The predicted molar refractivity (Wildman–Crippen MR) is 68.7 cm³/mol. The van der Waals surface area contributed by atoms with Gasteiger partial charge in [-0.1, -0.05) is 35.4 Å². The molecule has 0 saturated heterocycles. The summed E-state index contributed by atoms with van der Waals surface area (Å²) in [7, 11) is 0. The first-order chi connectivity index (χ1) is 8.24. The Kier molecular flexibility index (Phi) is 3.43. The Hall–Kier alpha value is -2.25. The smallest absolute Gasteiger partial charge is 0.0569 e. The minimum absolute atomic E-state index is 0.812. The Morgan fingerprint density at radius 2 is 1.00 bits per heavy atom. The summed E-state index contributed by atoms with van der Waals surface area (Å²) in [4.78, 5) is 3.82. The maximum atomic E-state index is 4.02. The summed E-state index contributed by atoms with van der Waals surface area (Å²) in [5.74, 6) is 0. The zero-order valence-electron chi connectivity index (χ0n) is 9.96. The molecule has 0 atom stereocenters. The second kappa shape index (κ2) is 5.19. The molecule has 0 unspecified atom stereocenters. The molecule has 2 rings (SSSR count). The van der Waals surface area contributed by atoms with Gasteiger partial charge in [0.1, 0.15) is 0 Å². The first-order valence-electron chi connectivity index (χ1n) is 5.49. The van der Waals surface area contributed by atoms with Gasteiger partial charge in [-0.3, -0.25) is 0 Å². The summed E-state index contributed by atoms with van der Waals surface area (Å²) in [6.45, 7) is 4.08. The fourth-order valence-corrected chi connectivity index (χ4v) is 1.35. The highest BCUT2D eigenvalue weighted by molar-refractivity contribution is 5.38. The summed E-state index contributed by atoms with van der Waals surface area (Å²) in [5.41, 5.74) is 4.04. The average molecular weight is 224 g/mol. The van der Waals surface area contributed by atoms with E-state index in [9.17, 15) is 0 Å². The third-order valence-electron chi connectivity index (χ3n) is 2.39. The lowest BCUT2D eigenvalue weighted by Crippen LogP contribution is -1.71. The van der Waals surface area contributed by atoms with Crippen molar-refractivity contribution in [2.24, 2.45) is 10.2 Å². The van der Waals surface area contributed by atoms with Crippen LogP contribution in [0, 0.1) is 13.8 Å². The van der Waals surface area contributed by atoms with E-state index < -0.39 is 0 Å². The highest BCUT2D eigenvalue weighted by Crippen LogP contribution is 2.13. The van der Waals surface area contributed by atoms with Crippen LogP contribution in [0.3, 0.4) is 0 Å². The van der Waals surface area contributed by atoms with Gasteiger partial charge in [-0.15, -0.1) is 0 Å². The molecular formula is C14H14N3+. The van der Waals surface area contributed by atoms with Gasteiger partial charge in [0, 0.05) is 0 Å². The molecule has 0 heterocycles. The maximum Gasteiger partial charge on any atom is 0.228 e. The molecule has 0 aromatic heterocycles. The minimum atomic E-state index is 0.812. The molecule has 0 radical (unpaired) electrons. The van der Waals surface area contributed by atoms with Crippen molar-refractivity contribution in [3.8, 4) is 0 Å². The molecule has 84 valence electrons. The summed E-state index contributed by atoms with van der Waals surface area (Å²) in [6.07, 6.45) is 0. The fraction of sp³-hybridized carbons (Fsp3) is 0.143. The van der Waals surface area contributed by atoms with Gasteiger partial charge in [0.2, 0.25) is 4.91 Å². The van der Waals surface area contributed by atoms with E-state index in [1.807, 2.05) is 62.4 Å². The second-order valence-corrected chi connectivity index (χ2v) is 3.96. The number of hydrogen-bond donors (Lipinski definition) is 0. The zero-order chi connectivity index (χ0) is 12.1. The normalized spacial score (nSPS) is 9.53. The summed E-state index contributed by atoms with van der Waals surface area (Å²) in [6, 6.07) is 15.7. The highest BCUT2D eigenvalue weighted by atomic mass is 15.2. The van der Waals surface area contributed by atoms with Crippen molar-refractivity contribution in [2.45, 2.75) is 13.8 Å². The number of hydrogen-bond acceptors (Lipinski definition) is 2. The monoisotopic (exact) mass is 224 g/mol. The molecule has 2 aromatic carbocycles. The Bertz CT molecular complexity index is 498. The van der Waals surface area contributed by atoms with Crippen LogP contribution in [0.25, 0.3) is 0 Å². The molecule has 0 aliphatic rings. The second-order valence-electron chi connectivity index (χ2n) is 3.96. The van der Waals surface area contributed by atoms with Crippen molar-refractivity contribution in [1.29, 1.82) is 0 Å². The molecular weight excluding hydrogens is 210 g/mol. The van der Waals surface area contributed by atoms with Gasteiger partial charge in [-0.2, -0.15) is 0 Å². The van der Waals surface area contributed by atoms with Crippen molar-refractivity contribution in [2.75, 3.05) is 0 Å². The van der Waals surface area contributed by atoms with Crippen molar-refractivity contribution in [3.05, 3.63) is 59.7 Å². The van der Waals surface area contributed by atoms with Crippen molar-refractivity contribution < 1.29 is 0 Å². The molecule has 0 aliphatic carbocycles. The largest absolute Gasteiger partial charge is 0.228 e. The zero-order valence-corrected chi connectivity index (χ0v) is 9.96. The molecule has 0 saturated carbocycles. The van der Waals surface area contributed by atoms with Crippen LogP contribution < -0.4 is 4.91 Å². The number of aryl methyl sites for hydroxylation is 2. The average Bonchev–Trinajstić information content (AvgIpc) is 2.34. The van der Waals surface area contributed by atoms with Gasteiger partial charge >= 0.3 is 0 Å². The molecule has 0 spiro atoms. The van der Waals surface area contributed by atoms with E-state index in [0.29, 0.717) is 0 Å². The van der Waals surface area contributed by atoms with E-state index in [-0.39, 0.29) is 0 Å². The first-order valence-corrected chi connectivity index (χ1v) is 5.49. The summed E-state index contributed by atoms with van der Waals surface area (Å²) in [5, 5.41) is 8.05. The molecule has 0 fully saturated rings. The SMILES string of the molecule is Cc1ccc(N=[N+]=Nc2ccc(C)cc2)cc1. The van der Waals surface area contributed by atoms with E-state index in [1.165, 1.54) is 11.1 Å². The van der Waals surface area contributed by atoms with Crippen LogP contribution in [0.4, 0.5) is 11.4 Å². The quantitative estimate of drug-likeness (QED) is 0.540. The molecule has 0 bridgehead atoms. The molecule has 0 aliphatic heterocycles. The molecule has 0 N–H and O–H groups in total. The van der Waals surface area contributed by atoms with Crippen LogP contribution in [0.1, 0.15) is 11.1 Å². The van der Waals surface area contributed by atoms with Gasteiger partial charge in [-0.05, 0) is 38.1 Å². The van der Waals surface area contributed by atoms with Crippen molar-refractivity contribution >= 4 is 11.4 Å². The van der Waals surface area contributed by atoms with Crippen molar-refractivity contribution in [1.82, 2.24) is 4.91 Å². The molecule has 3 heteroatoms. The standard InChI is InChI=1S/C14H14N3/c1-11-3-7-13(8-4-11)15-17-16-14-9-5-12(2)6-10-14/h3-10H,1-2H3/q+1. The van der Waals surface area contributed by atoms with Crippen LogP contribution >= 0.6 is 0 Å². The predicted octanol–water partition coefficient (Wildman–Crippen LogP) is 4.24. The fourth-order valence-electron chi connectivity index (χ4n) is 1.35. The van der Waals surface area contributed by atoms with E-state index in [1.54, 1.807) is 0 Å². The van der Waals surface area contributed by atoms with E-state index >= 15 is 0 Å². The lowest BCUT2D eigenvalue weighted by atomic mass is 10.2. The number of nitrogens with zero attached hydrogens (tertiary/aromatic N) is 3. The maximum absolute atomic E-state index is 4.02. The molecule has 17 heavy (non-hydrogen) atoms. The van der Waals surface area contributed by atoms with Gasteiger partial charge in [0.15, 0.2) is 21.6 Å². The van der Waals surface area contributed by atoms with Crippen LogP contribution in [-0.2, 0) is 0 Å². The summed E-state index contributed by atoms with van der Waals surface area (Å²) < 4.78 is 0. The van der Waals surface area contributed by atoms with E-state index in [4.69, 9.17) is 0 Å². The Morgan fingerprint density at radius 1 is 0.647 bits per heavy atom. The Morgan fingerprint density at radius 3 is 1.35 bits per heavy atom. The number of benzene rings is 2. The summed E-state index contributed by atoms with van der Waals surface area (Å²) >= 11 is 0. The molecule has 3 nitrogen and oxygen atoms in total. The Balaban J connectivity index is 2.14. The van der Waals surface area contributed by atoms with Gasteiger partial charge < -0.3 is 0 Å². The van der Waals surface area contributed by atoms with Crippen LogP contribution in [0.15, 0.2) is 58.8 Å². The third kappa shape index (κ3) is 3.37. The highest BCUT2D eigenvalue weighted by Gasteiger charge is 1.96. The van der Waals surface area contributed by atoms with E-state index in [0.717, 1.165) is 11.4 Å². The minimum Gasteiger partial charge on any atom is -0.0569 e. The molecule has 0 amide bonds. The first kappa shape index (κ1) is 11.2. The van der Waals surface area contributed by atoms with Gasteiger partial charge in [0.25, 0.3) is 0 Å². The van der Waals surface area contributed by atoms with Crippen LogP contribution in [-0.4, -0.2) is 0 Å². The lowest BCUT2D eigenvalue weighted by Gasteiger charge is -1.87.